The van der Waals surface area contributed by atoms with Crippen LogP contribution in [0.1, 0.15) is 33.3 Å². The molecule has 2 aliphatic heterocycles. The number of guanidine groups is 1. The van der Waals surface area contributed by atoms with Crippen molar-refractivity contribution < 1.29 is 0 Å². The van der Waals surface area contributed by atoms with Crippen LogP contribution in [0.3, 0.4) is 0 Å². The molecule has 0 aliphatic carbocycles. The lowest BCUT2D eigenvalue weighted by Crippen LogP contribution is -2.49. The Morgan fingerprint density at radius 2 is 2.03 bits per heavy atom. The molecule has 3 rings (SSSR count). The summed E-state index contributed by atoms with van der Waals surface area (Å²) >= 11 is 2.10. The van der Waals surface area contributed by atoms with E-state index >= 15 is 0 Å². The van der Waals surface area contributed by atoms with E-state index in [1.54, 1.807) is 0 Å². The van der Waals surface area contributed by atoms with Crippen LogP contribution >= 0.6 is 11.8 Å². The molecule has 162 valence electrons. The van der Waals surface area contributed by atoms with E-state index in [1.165, 1.54) is 11.3 Å². The normalized spacial score (nSPS) is 21.7. The Hall–Kier alpha value is -1.47. The Kier molecular flexibility index (Phi) is 8.48. The van der Waals surface area contributed by atoms with Crippen LogP contribution in [0.15, 0.2) is 23.3 Å². The largest absolute Gasteiger partial charge is 0.357 e. The Morgan fingerprint density at radius 3 is 2.72 bits per heavy atom. The maximum absolute atomic E-state index is 4.98. The summed E-state index contributed by atoms with van der Waals surface area (Å²) in [6.07, 6.45) is 1.94. The molecule has 2 aliphatic rings. The van der Waals surface area contributed by atoms with Gasteiger partial charge in [-0.3, -0.25) is 0 Å². The van der Waals surface area contributed by atoms with Gasteiger partial charge in [-0.25, -0.2) is 9.98 Å². The van der Waals surface area contributed by atoms with E-state index in [2.05, 4.69) is 76.6 Å². The molecule has 0 bridgehead atoms. The van der Waals surface area contributed by atoms with Crippen LogP contribution in [0.5, 0.6) is 0 Å². The van der Waals surface area contributed by atoms with E-state index in [9.17, 15) is 0 Å². The number of anilines is 1. The molecular formula is C22H38N6S. The number of nitrogens with one attached hydrogen (secondary N) is 1. The summed E-state index contributed by atoms with van der Waals surface area (Å²) in [4.78, 5) is 16.9. The minimum absolute atomic E-state index is 0.682. The van der Waals surface area contributed by atoms with E-state index in [0.29, 0.717) is 17.7 Å². The van der Waals surface area contributed by atoms with E-state index in [4.69, 9.17) is 4.99 Å². The molecule has 1 unspecified atom stereocenters. The lowest BCUT2D eigenvalue weighted by atomic mass is 10.1. The van der Waals surface area contributed by atoms with Crippen LogP contribution in [0, 0.1) is 5.92 Å². The average molecular weight is 419 g/mol. The summed E-state index contributed by atoms with van der Waals surface area (Å²) in [5.41, 5.74) is 1.23. The first-order valence-corrected chi connectivity index (χ1v) is 12.2. The quantitative estimate of drug-likeness (QED) is 0.566. The number of likely N-dealkylation sites (N-methyl/N-ethyl adjacent to an activating group) is 1. The van der Waals surface area contributed by atoms with Gasteiger partial charge < -0.3 is 20.0 Å². The molecule has 7 heteroatoms. The van der Waals surface area contributed by atoms with Crippen molar-refractivity contribution in [1.29, 1.82) is 0 Å². The van der Waals surface area contributed by atoms with Gasteiger partial charge in [-0.15, -0.1) is 0 Å². The van der Waals surface area contributed by atoms with Crippen molar-refractivity contribution in [2.24, 2.45) is 10.9 Å². The minimum Gasteiger partial charge on any atom is -0.357 e. The smallest absolute Gasteiger partial charge is 0.194 e. The van der Waals surface area contributed by atoms with E-state index in [1.807, 2.05) is 6.20 Å². The zero-order chi connectivity index (χ0) is 20.6. The predicted molar refractivity (Wildman–Crippen MR) is 126 cm³/mol. The van der Waals surface area contributed by atoms with Gasteiger partial charge in [0.15, 0.2) is 5.96 Å². The van der Waals surface area contributed by atoms with Crippen molar-refractivity contribution in [3.63, 3.8) is 0 Å². The fourth-order valence-electron chi connectivity index (χ4n) is 3.89. The predicted octanol–water partition coefficient (Wildman–Crippen LogP) is 2.76. The molecule has 3 heterocycles. The van der Waals surface area contributed by atoms with Gasteiger partial charge in [0, 0.05) is 63.0 Å². The highest BCUT2D eigenvalue weighted by atomic mass is 32.2. The second-order valence-corrected chi connectivity index (χ2v) is 9.56. The number of hydrogen-bond acceptors (Lipinski definition) is 5. The summed E-state index contributed by atoms with van der Waals surface area (Å²) < 4.78 is 0. The second kappa shape index (κ2) is 11.1. The van der Waals surface area contributed by atoms with E-state index < -0.39 is 0 Å². The van der Waals surface area contributed by atoms with Crippen molar-refractivity contribution in [2.45, 2.75) is 39.5 Å². The van der Waals surface area contributed by atoms with Crippen LogP contribution in [0.25, 0.3) is 0 Å². The Bertz CT molecular complexity index is 656. The molecule has 0 radical (unpaired) electrons. The highest BCUT2D eigenvalue weighted by Crippen LogP contribution is 2.25. The molecular weight excluding hydrogens is 380 g/mol. The maximum Gasteiger partial charge on any atom is 0.194 e. The summed E-state index contributed by atoms with van der Waals surface area (Å²) in [6, 6.07) is 4.32. The molecule has 6 nitrogen and oxygen atoms in total. The van der Waals surface area contributed by atoms with Crippen molar-refractivity contribution in [2.75, 3.05) is 63.0 Å². The molecule has 2 fully saturated rings. The summed E-state index contributed by atoms with van der Waals surface area (Å²) in [5.74, 6) is 4.01. The highest BCUT2D eigenvalue weighted by Gasteiger charge is 2.25. The number of piperazine rings is 1. The third kappa shape index (κ3) is 6.25. The zero-order valence-electron chi connectivity index (χ0n) is 18.6. The van der Waals surface area contributed by atoms with E-state index in [-0.39, 0.29) is 0 Å². The fourth-order valence-corrected chi connectivity index (χ4v) is 5.19. The first kappa shape index (κ1) is 22.2. The SMILES string of the molecule is CCNC(=NCc1ccnc(N2CCN(CC)CC2)c1)N1CCSC(C(C)C)C1. The number of aliphatic imine (C=N–C) groups is 1. The van der Waals surface area contributed by atoms with Crippen molar-refractivity contribution in [3.8, 4) is 0 Å². The summed E-state index contributed by atoms with van der Waals surface area (Å²) in [7, 11) is 0. The molecule has 1 N–H and O–H groups in total. The number of nitrogens with zero attached hydrogens (tertiary/aromatic N) is 5. The van der Waals surface area contributed by atoms with Crippen LogP contribution in [0.2, 0.25) is 0 Å². The van der Waals surface area contributed by atoms with Crippen molar-refractivity contribution in [3.05, 3.63) is 23.9 Å². The molecule has 1 aromatic rings. The Labute approximate surface area is 181 Å². The van der Waals surface area contributed by atoms with Gasteiger partial charge in [-0.1, -0.05) is 20.8 Å². The van der Waals surface area contributed by atoms with Gasteiger partial charge in [-0.2, -0.15) is 11.8 Å². The minimum atomic E-state index is 0.682. The molecule has 1 aromatic heterocycles. The molecule has 2 saturated heterocycles. The lowest BCUT2D eigenvalue weighted by molar-refractivity contribution is 0.270. The van der Waals surface area contributed by atoms with Crippen molar-refractivity contribution >= 4 is 23.5 Å². The number of thioether (sulfide) groups is 1. The third-order valence-electron chi connectivity index (χ3n) is 5.84. The first-order valence-electron chi connectivity index (χ1n) is 11.2. The number of hydrogen-bond donors (Lipinski definition) is 1. The molecule has 0 amide bonds. The van der Waals surface area contributed by atoms with Gasteiger partial charge in [-0.05, 0) is 37.1 Å². The van der Waals surface area contributed by atoms with Crippen LogP contribution in [0.4, 0.5) is 5.82 Å². The van der Waals surface area contributed by atoms with Crippen LogP contribution < -0.4 is 10.2 Å². The van der Waals surface area contributed by atoms with Gasteiger partial charge in [0.05, 0.1) is 6.54 Å². The van der Waals surface area contributed by atoms with E-state index in [0.717, 1.165) is 64.1 Å². The number of rotatable bonds is 6. The lowest BCUT2D eigenvalue weighted by Gasteiger charge is -2.36. The van der Waals surface area contributed by atoms with Crippen molar-refractivity contribution in [1.82, 2.24) is 20.1 Å². The third-order valence-corrected chi connectivity index (χ3v) is 7.38. The standard InChI is InChI=1S/C22H38N6S/c1-5-23-22(28-13-14-29-20(17-28)18(3)4)25-16-19-7-8-24-21(15-19)27-11-9-26(6-2)10-12-27/h7-8,15,18,20H,5-6,9-14,16-17H2,1-4H3,(H,23,25). The van der Waals surface area contributed by atoms with Crippen LogP contribution in [-0.2, 0) is 6.54 Å². The zero-order valence-corrected chi connectivity index (χ0v) is 19.4. The Balaban J connectivity index is 1.65. The monoisotopic (exact) mass is 418 g/mol. The van der Waals surface area contributed by atoms with Gasteiger partial charge in [0.1, 0.15) is 5.82 Å². The molecule has 0 spiro atoms. The van der Waals surface area contributed by atoms with Gasteiger partial charge in [0.25, 0.3) is 0 Å². The fraction of sp³-hybridized carbons (Fsp3) is 0.727. The molecule has 0 saturated carbocycles. The van der Waals surface area contributed by atoms with Gasteiger partial charge in [0.2, 0.25) is 0 Å². The molecule has 1 atom stereocenters. The number of aromatic nitrogens is 1. The topological polar surface area (TPSA) is 47.0 Å². The van der Waals surface area contributed by atoms with Gasteiger partial charge >= 0.3 is 0 Å². The van der Waals surface area contributed by atoms with Crippen LogP contribution in [-0.4, -0.2) is 84.1 Å². The number of pyridine rings is 1. The highest BCUT2D eigenvalue weighted by molar-refractivity contribution is 8.00. The average Bonchev–Trinajstić information content (AvgIpc) is 2.77. The molecule has 0 aromatic carbocycles. The molecule has 29 heavy (non-hydrogen) atoms. The summed E-state index contributed by atoms with van der Waals surface area (Å²) in [5, 5.41) is 4.19. The Morgan fingerprint density at radius 1 is 1.24 bits per heavy atom. The second-order valence-electron chi connectivity index (χ2n) is 8.21. The first-order chi connectivity index (χ1) is 14.1. The summed E-state index contributed by atoms with van der Waals surface area (Å²) in [6.45, 7) is 18.3. The maximum atomic E-state index is 4.98.